The SMILES string of the molecule is C#CCNC(=NC)NC1CCN(c2ncc(C(F)(F)F)cc2Cl)C1.I. The fraction of sp³-hybridized carbons (Fsp3) is 0.467. The first-order valence-corrected chi connectivity index (χ1v) is 7.61. The molecule has 138 valence electrons. The van der Waals surface area contributed by atoms with Crippen molar-refractivity contribution in [3.8, 4) is 12.3 Å². The highest BCUT2D eigenvalue weighted by Gasteiger charge is 2.33. The summed E-state index contributed by atoms with van der Waals surface area (Å²) >= 11 is 5.98. The minimum absolute atomic E-state index is 0. The predicted octanol–water partition coefficient (Wildman–Crippen LogP) is 2.75. The molecule has 0 aliphatic carbocycles. The quantitative estimate of drug-likeness (QED) is 0.298. The second-order valence-corrected chi connectivity index (χ2v) is 5.64. The molecule has 0 spiro atoms. The highest BCUT2D eigenvalue weighted by Crippen LogP contribution is 2.34. The summed E-state index contributed by atoms with van der Waals surface area (Å²) in [5.41, 5.74) is -0.857. The summed E-state index contributed by atoms with van der Waals surface area (Å²) in [4.78, 5) is 9.78. The van der Waals surface area contributed by atoms with Crippen molar-refractivity contribution < 1.29 is 13.2 Å². The molecule has 0 radical (unpaired) electrons. The number of guanidine groups is 1. The molecule has 1 aromatic heterocycles. The molecule has 25 heavy (non-hydrogen) atoms. The van der Waals surface area contributed by atoms with Crippen LogP contribution in [0.1, 0.15) is 12.0 Å². The normalized spacial score (nSPS) is 17.7. The molecule has 1 saturated heterocycles. The van der Waals surface area contributed by atoms with E-state index in [1.54, 1.807) is 7.05 Å². The van der Waals surface area contributed by atoms with Crippen molar-refractivity contribution in [2.45, 2.75) is 18.6 Å². The van der Waals surface area contributed by atoms with Crippen molar-refractivity contribution in [1.29, 1.82) is 0 Å². The Morgan fingerprint density at radius 1 is 1.56 bits per heavy atom. The van der Waals surface area contributed by atoms with Crippen LogP contribution in [0.15, 0.2) is 17.3 Å². The van der Waals surface area contributed by atoms with Gasteiger partial charge in [0.2, 0.25) is 0 Å². The maximum Gasteiger partial charge on any atom is 0.417 e. The summed E-state index contributed by atoms with van der Waals surface area (Å²) in [5.74, 6) is 3.38. The van der Waals surface area contributed by atoms with E-state index >= 15 is 0 Å². The van der Waals surface area contributed by atoms with Crippen LogP contribution < -0.4 is 15.5 Å². The number of nitrogens with one attached hydrogen (secondary N) is 2. The Morgan fingerprint density at radius 2 is 2.28 bits per heavy atom. The molecular formula is C15H18ClF3IN5. The number of alkyl halides is 3. The van der Waals surface area contributed by atoms with Gasteiger partial charge in [-0.05, 0) is 12.5 Å². The number of hydrogen-bond acceptors (Lipinski definition) is 3. The Morgan fingerprint density at radius 3 is 2.84 bits per heavy atom. The monoisotopic (exact) mass is 487 g/mol. The van der Waals surface area contributed by atoms with Crippen molar-refractivity contribution in [3.05, 3.63) is 22.8 Å². The Labute approximate surface area is 166 Å². The van der Waals surface area contributed by atoms with Gasteiger partial charge in [0.25, 0.3) is 0 Å². The smallest absolute Gasteiger partial charge is 0.353 e. The van der Waals surface area contributed by atoms with E-state index in [2.05, 4.69) is 26.5 Å². The van der Waals surface area contributed by atoms with E-state index in [1.807, 2.05) is 4.90 Å². The fourth-order valence-corrected chi connectivity index (χ4v) is 2.70. The Hall–Kier alpha value is -1.41. The number of rotatable bonds is 3. The average molecular weight is 488 g/mol. The topological polar surface area (TPSA) is 52.6 Å². The van der Waals surface area contributed by atoms with E-state index in [-0.39, 0.29) is 35.0 Å². The van der Waals surface area contributed by atoms with E-state index < -0.39 is 11.7 Å². The van der Waals surface area contributed by atoms with Crippen molar-refractivity contribution in [1.82, 2.24) is 15.6 Å². The molecule has 10 heteroatoms. The van der Waals surface area contributed by atoms with Gasteiger partial charge in [-0.15, -0.1) is 30.4 Å². The average Bonchev–Trinajstić information content (AvgIpc) is 2.98. The van der Waals surface area contributed by atoms with Gasteiger partial charge in [0.05, 0.1) is 17.1 Å². The van der Waals surface area contributed by atoms with E-state index in [0.29, 0.717) is 31.4 Å². The lowest BCUT2D eigenvalue weighted by Gasteiger charge is -2.20. The van der Waals surface area contributed by atoms with Crippen molar-refractivity contribution >= 4 is 47.4 Å². The largest absolute Gasteiger partial charge is 0.417 e. The molecule has 0 amide bonds. The van der Waals surface area contributed by atoms with Crippen LogP contribution in [-0.4, -0.2) is 43.7 Å². The third kappa shape index (κ3) is 5.81. The maximum absolute atomic E-state index is 12.7. The molecule has 1 fully saturated rings. The van der Waals surface area contributed by atoms with Crippen LogP contribution in [-0.2, 0) is 6.18 Å². The van der Waals surface area contributed by atoms with Gasteiger partial charge in [-0.25, -0.2) is 4.98 Å². The summed E-state index contributed by atoms with van der Waals surface area (Å²) in [7, 11) is 1.63. The number of hydrogen-bond donors (Lipinski definition) is 2. The Bertz CT molecular complexity index is 660. The molecule has 0 saturated carbocycles. The van der Waals surface area contributed by atoms with Gasteiger partial charge in [0.15, 0.2) is 5.96 Å². The van der Waals surface area contributed by atoms with E-state index in [4.69, 9.17) is 18.0 Å². The Balaban J connectivity index is 0.00000312. The van der Waals surface area contributed by atoms with Gasteiger partial charge in [0.1, 0.15) is 5.82 Å². The van der Waals surface area contributed by atoms with Crippen LogP contribution in [0.3, 0.4) is 0 Å². The standard InChI is InChI=1S/C15H17ClF3N5.HI/c1-3-5-21-14(20-2)23-11-4-6-24(9-11)13-12(16)7-10(8-22-13)15(17,18)19;/h1,7-8,11H,4-6,9H2,2H3,(H2,20,21,23);1H. The van der Waals surface area contributed by atoms with Crippen molar-refractivity contribution in [2.75, 3.05) is 31.6 Å². The third-order valence-corrected chi connectivity index (χ3v) is 3.84. The fourth-order valence-electron chi connectivity index (χ4n) is 2.41. The van der Waals surface area contributed by atoms with Crippen molar-refractivity contribution in [2.24, 2.45) is 4.99 Å². The zero-order chi connectivity index (χ0) is 17.7. The summed E-state index contributed by atoms with van der Waals surface area (Å²) in [5, 5.41) is 6.15. The number of nitrogens with zero attached hydrogens (tertiary/aromatic N) is 3. The number of anilines is 1. The molecule has 1 aliphatic heterocycles. The van der Waals surface area contributed by atoms with Crippen LogP contribution in [0.4, 0.5) is 19.0 Å². The molecule has 2 heterocycles. The van der Waals surface area contributed by atoms with Gasteiger partial charge in [-0.3, -0.25) is 4.99 Å². The van der Waals surface area contributed by atoms with Crippen LogP contribution in [0.2, 0.25) is 5.02 Å². The lowest BCUT2D eigenvalue weighted by atomic mass is 10.2. The predicted molar refractivity (Wildman–Crippen MR) is 104 cm³/mol. The van der Waals surface area contributed by atoms with Gasteiger partial charge in [-0.1, -0.05) is 17.5 Å². The van der Waals surface area contributed by atoms with Crippen LogP contribution in [0.5, 0.6) is 0 Å². The lowest BCUT2D eigenvalue weighted by Crippen LogP contribution is -2.44. The second kappa shape index (κ2) is 9.33. The summed E-state index contributed by atoms with van der Waals surface area (Å²) in [6.07, 6.45) is 2.31. The number of pyridine rings is 1. The van der Waals surface area contributed by atoms with E-state index in [9.17, 15) is 13.2 Å². The highest BCUT2D eigenvalue weighted by molar-refractivity contribution is 14.0. The lowest BCUT2D eigenvalue weighted by molar-refractivity contribution is -0.137. The second-order valence-electron chi connectivity index (χ2n) is 5.23. The van der Waals surface area contributed by atoms with Crippen LogP contribution in [0.25, 0.3) is 0 Å². The molecule has 1 aromatic rings. The third-order valence-electron chi connectivity index (χ3n) is 3.56. The van der Waals surface area contributed by atoms with Crippen molar-refractivity contribution in [3.63, 3.8) is 0 Å². The number of aromatic nitrogens is 1. The zero-order valence-corrected chi connectivity index (χ0v) is 16.5. The number of aliphatic imine (C=N–C) groups is 1. The summed E-state index contributed by atoms with van der Waals surface area (Å²) < 4.78 is 38.0. The van der Waals surface area contributed by atoms with E-state index in [1.165, 1.54) is 0 Å². The maximum atomic E-state index is 12.7. The first-order valence-electron chi connectivity index (χ1n) is 7.23. The summed E-state index contributed by atoms with van der Waals surface area (Å²) in [6.45, 7) is 1.53. The zero-order valence-electron chi connectivity index (χ0n) is 13.4. The Kier molecular flexibility index (Phi) is 8.08. The minimum Gasteiger partial charge on any atom is -0.353 e. The molecular weight excluding hydrogens is 470 g/mol. The highest BCUT2D eigenvalue weighted by atomic mass is 127. The van der Waals surface area contributed by atoms with Gasteiger partial charge in [-0.2, -0.15) is 13.2 Å². The first-order chi connectivity index (χ1) is 11.3. The molecule has 1 aliphatic rings. The molecule has 2 rings (SSSR count). The molecule has 1 unspecified atom stereocenters. The van der Waals surface area contributed by atoms with Crippen LogP contribution >= 0.6 is 35.6 Å². The first kappa shape index (κ1) is 21.6. The number of terminal acetylenes is 1. The van der Waals surface area contributed by atoms with Crippen LogP contribution in [0, 0.1) is 12.3 Å². The minimum atomic E-state index is -4.46. The molecule has 5 nitrogen and oxygen atoms in total. The molecule has 1 atom stereocenters. The molecule has 2 N–H and O–H groups in total. The van der Waals surface area contributed by atoms with Gasteiger partial charge in [0, 0.05) is 32.4 Å². The van der Waals surface area contributed by atoms with E-state index in [0.717, 1.165) is 18.7 Å². The van der Waals surface area contributed by atoms with Gasteiger partial charge < -0.3 is 15.5 Å². The number of halogens is 5. The molecule has 0 bridgehead atoms. The van der Waals surface area contributed by atoms with Gasteiger partial charge >= 0.3 is 6.18 Å². The molecule has 0 aromatic carbocycles. The summed E-state index contributed by atoms with van der Waals surface area (Å²) in [6, 6.07) is 0.965.